The summed E-state index contributed by atoms with van der Waals surface area (Å²) in [6, 6.07) is 22.2. The van der Waals surface area contributed by atoms with Gasteiger partial charge in [-0.15, -0.1) is 16.8 Å². The number of amides is 2. The van der Waals surface area contributed by atoms with Crippen LogP contribution in [0.15, 0.2) is 99.0 Å². The third-order valence-corrected chi connectivity index (χ3v) is 13.5. The Hall–Kier alpha value is -4.80. The molecule has 7 rings (SSSR count). The Balaban J connectivity index is 1.30. The summed E-state index contributed by atoms with van der Waals surface area (Å²) >= 11 is 21.4. The molecule has 3 N–H and O–H groups in total. The number of aryl methyl sites for hydroxylation is 2. The van der Waals surface area contributed by atoms with Crippen LogP contribution < -0.4 is 21.2 Å². The summed E-state index contributed by atoms with van der Waals surface area (Å²) in [6.07, 6.45) is 2.95. The largest absolute Gasteiger partial charge is 0.351 e. The molecule has 22 heteroatoms. The summed E-state index contributed by atoms with van der Waals surface area (Å²) in [5.74, 6) is -3.60. The number of rotatable bonds is 18. The van der Waals surface area contributed by atoms with Crippen LogP contribution in [0.5, 0.6) is 0 Å². The van der Waals surface area contributed by atoms with E-state index in [0.717, 1.165) is 16.2 Å². The fourth-order valence-corrected chi connectivity index (χ4v) is 9.45. The van der Waals surface area contributed by atoms with Crippen LogP contribution >= 0.6 is 66.8 Å². The first-order chi connectivity index (χ1) is 31.0. The minimum Gasteiger partial charge on any atom is -0.351 e. The van der Waals surface area contributed by atoms with E-state index in [4.69, 9.17) is 32.9 Å². The van der Waals surface area contributed by atoms with Crippen LogP contribution in [-0.4, -0.2) is 70.3 Å². The number of benzene rings is 5. The quantitative estimate of drug-likeness (QED) is 0.0426. The van der Waals surface area contributed by atoms with Gasteiger partial charge in [0.25, 0.3) is 11.8 Å². The van der Waals surface area contributed by atoms with E-state index in [9.17, 15) is 18.0 Å². The van der Waals surface area contributed by atoms with Gasteiger partial charge in [-0.25, -0.2) is 32.6 Å². The molecule has 0 unspecified atom stereocenters. The van der Waals surface area contributed by atoms with Crippen molar-refractivity contribution in [2.24, 2.45) is 14.1 Å². The van der Waals surface area contributed by atoms with Crippen LogP contribution in [0.3, 0.4) is 0 Å². The maximum atomic E-state index is 17.2. The van der Waals surface area contributed by atoms with Gasteiger partial charge in [-0.2, -0.15) is 0 Å². The second-order valence-corrected chi connectivity index (χ2v) is 20.6. The first kappa shape index (κ1) is 48.1. The molecule has 65 heavy (non-hydrogen) atoms. The average molecular weight is 1100 g/mol. The van der Waals surface area contributed by atoms with Gasteiger partial charge >= 0.3 is 0 Å². The molecule has 0 bridgehead atoms. The highest BCUT2D eigenvalue weighted by Crippen LogP contribution is 2.39. The molecule has 0 saturated carbocycles. The molecule has 2 aromatic heterocycles. The lowest BCUT2D eigenvalue weighted by Gasteiger charge is -2.23. The lowest BCUT2D eigenvalue weighted by Crippen LogP contribution is -2.34. The molecule has 0 aliphatic carbocycles. The SMILES string of the molecule is Cn1cnc2c(F)c(Nc3ccc(Br)cc3Cl)c(C(=O)N(OCCCS(C)(=O)=O)c3nc4c(F)c(Nc5ccc(Br)cc5Cl)c(C(=O)NOCCCSc5ccccc5)cc4n3C)cc21. The number of halogens is 6. The molecule has 0 aliphatic rings. The van der Waals surface area contributed by atoms with Gasteiger partial charge in [0.2, 0.25) is 5.95 Å². The lowest BCUT2D eigenvalue weighted by atomic mass is 10.1. The Kier molecular flexibility index (Phi) is 15.4. The molecule has 0 spiro atoms. The Morgan fingerprint density at radius 3 is 2.08 bits per heavy atom. The maximum absolute atomic E-state index is 17.2. The number of nitrogens with one attached hydrogen (secondary N) is 3. The van der Waals surface area contributed by atoms with Gasteiger partial charge in [0, 0.05) is 39.9 Å². The minimum atomic E-state index is -3.45. The van der Waals surface area contributed by atoms with Crippen LogP contribution in [-0.2, 0) is 33.6 Å². The van der Waals surface area contributed by atoms with Gasteiger partial charge in [-0.1, -0.05) is 73.3 Å². The van der Waals surface area contributed by atoms with Crippen LogP contribution in [0.2, 0.25) is 10.0 Å². The average Bonchev–Trinajstić information content (AvgIpc) is 3.80. The van der Waals surface area contributed by atoms with Crippen LogP contribution in [0, 0.1) is 11.6 Å². The number of hydrogen-bond acceptors (Lipinski definition) is 11. The molecule has 2 heterocycles. The standard InChI is InChI=1S/C43H38Br2Cl2F2N8O6S2/c1-55-23-50-39-33(55)22-28(38(35(39)48)52-32-14-12-25(45)20-30(32)47)42(59)57(63-16-8-18-65(3,60)61)43-53-40-34(56(43)2)21-27(37(36(40)49)51-31-13-11-24(44)19-29(31)46)41(58)54-62-15-7-17-64-26-9-5-4-6-10-26/h4-6,9-14,19-23,51-52H,7-8,15-18H2,1-3H3,(H,54,58). The second kappa shape index (κ2) is 20.8. The molecule has 5 aromatic carbocycles. The number of carbonyl (C=O) groups is 2. The van der Waals surface area contributed by atoms with Crippen LogP contribution in [0.25, 0.3) is 22.1 Å². The number of carbonyl (C=O) groups excluding carboxylic acids is 2. The number of aromatic nitrogens is 4. The monoisotopic (exact) mass is 1090 g/mol. The predicted octanol–water partition coefficient (Wildman–Crippen LogP) is 10.9. The fourth-order valence-electron chi connectivity index (χ4n) is 6.52. The van der Waals surface area contributed by atoms with Crippen LogP contribution in [0.1, 0.15) is 33.6 Å². The van der Waals surface area contributed by atoms with Crippen LogP contribution in [0.4, 0.5) is 37.5 Å². The zero-order chi connectivity index (χ0) is 46.6. The molecular formula is C43H38Br2Cl2F2N8O6S2. The summed E-state index contributed by atoms with van der Waals surface area (Å²) in [5, 5.41) is 6.98. The number of hydroxylamine groups is 2. The highest BCUT2D eigenvalue weighted by molar-refractivity contribution is 9.10. The summed E-state index contributed by atoms with van der Waals surface area (Å²) in [4.78, 5) is 50.2. The zero-order valence-corrected chi connectivity index (χ0v) is 40.9. The molecule has 2 amide bonds. The normalized spacial score (nSPS) is 11.6. The first-order valence-electron chi connectivity index (χ1n) is 19.5. The Labute approximate surface area is 403 Å². The number of fused-ring (bicyclic) bond motifs is 2. The molecule has 0 saturated heterocycles. The van der Waals surface area contributed by atoms with Crippen molar-refractivity contribution >= 4 is 139 Å². The molecule has 0 aliphatic heterocycles. The van der Waals surface area contributed by atoms with E-state index in [1.54, 1.807) is 55.2 Å². The third-order valence-electron chi connectivity index (χ3n) is 9.72. The topological polar surface area (TPSA) is 162 Å². The minimum absolute atomic E-state index is 0.0279. The number of imidazole rings is 2. The van der Waals surface area contributed by atoms with Gasteiger partial charge in [0.05, 0.1) is 80.2 Å². The second-order valence-electron chi connectivity index (χ2n) is 14.5. The highest BCUT2D eigenvalue weighted by Gasteiger charge is 2.32. The summed E-state index contributed by atoms with van der Waals surface area (Å²) < 4.78 is 62.0. The number of sulfone groups is 1. The van der Waals surface area contributed by atoms with Crippen molar-refractivity contribution in [1.29, 1.82) is 0 Å². The van der Waals surface area contributed by atoms with E-state index < -0.39 is 33.3 Å². The van der Waals surface area contributed by atoms with E-state index in [1.165, 1.54) is 34.6 Å². The number of hydrogen-bond donors (Lipinski definition) is 3. The number of thioether (sulfide) groups is 1. The van der Waals surface area contributed by atoms with Crippen molar-refractivity contribution in [1.82, 2.24) is 24.6 Å². The molecule has 0 fully saturated rings. The van der Waals surface area contributed by atoms with Gasteiger partial charge < -0.3 is 19.8 Å². The summed E-state index contributed by atoms with van der Waals surface area (Å²) in [5.41, 5.74) is 1.67. The lowest BCUT2D eigenvalue weighted by molar-refractivity contribution is 0.0318. The van der Waals surface area contributed by atoms with Crippen molar-refractivity contribution in [2.75, 3.05) is 46.7 Å². The van der Waals surface area contributed by atoms with E-state index in [-0.39, 0.29) is 97.3 Å². The van der Waals surface area contributed by atoms with Crippen molar-refractivity contribution < 1.29 is 36.5 Å². The fraction of sp³-hybridized carbons (Fsp3) is 0.209. The van der Waals surface area contributed by atoms with E-state index >= 15 is 8.78 Å². The maximum Gasteiger partial charge on any atom is 0.287 e. The van der Waals surface area contributed by atoms with Crippen molar-refractivity contribution in [3.8, 4) is 0 Å². The highest BCUT2D eigenvalue weighted by atomic mass is 79.9. The van der Waals surface area contributed by atoms with E-state index in [1.807, 2.05) is 30.3 Å². The molecule has 7 aromatic rings. The Morgan fingerprint density at radius 2 is 1.45 bits per heavy atom. The number of nitrogens with zero attached hydrogens (tertiary/aromatic N) is 5. The molecule has 0 atom stereocenters. The summed E-state index contributed by atoms with van der Waals surface area (Å²) in [6.45, 7) is -0.191. The van der Waals surface area contributed by atoms with E-state index in [2.05, 4.69) is 57.9 Å². The molecular weight excluding hydrogens is 1060 g/mol. The molecule has 340 valence electrons. The van der Waals surface area contributed by atoms with Crippen molar-refractivity contribution in [3.63, 3.8) is 0 Å². The zero-order valence-electron chi connectivity index (χ0n) is 34.6. The number of anilines is 5. The Bertz CT molecular complexity index is 3060. The van der Waals surface area contributed by atoms with Crippen molar-refractivity contribution in [2.45, 2.75) is 17.7 Å². The smallest absolute Gasteiger partial charge is 0.287 e. The predicted molar refractivity (Wildman–Crippen MR) is 259 cm³/mol. The molecule has 14 nitrogen and oxygen atoms in total. The first-order valence-corrected chi connectivity index (χ1v) is 24.9. The van der Waals surface area contributed by atoms with E-state index in [0.29, 0.717) is 21.1 Å². The van der Waals surface area contributed by atoms with Gasteiger partial charge in [0.15, 0.2) is 11.6 Å². The van der Waals surface area contributed by atoms with Crippen molar-refractivity contribution in [3.05, 3.63) is 127 Å². The van der Waals surface area contributed by atoms with Gasteiger partial charge in [-0.3, -0.25) is 19.3 Å². The van der Waals surface area contributed by atoms with Gasteiger partial charge in [-0.05, 0) is 73.5 Å². The third kappa shape index (κ3) is 11.3. The van der Waals surface area contributed by atoms with Gasteiger partial charge in [0.1, 0.15) is 20.9 Å². The summed E-state index contributed by atoms with van der Waals surface area (Å²) in [7, 11) is -0.377. The Morgan fingerprint density at radius 1 is 0.831 bits per heavy atom. The molecule has 0 radical (unpaired) electrons.